The molecule has 0 aliphatic rings. The molecular weight excluding hydrogens is 522 g/mol. The molecule has 0 aliphatic heterocycles. The lowest BCUT2D eigenvalue weighted by Crippen LogP contribution is -2.22. The number of nitrogens with one attached hydrogen (secondary N) is 2. The second-order valence-corrected chi connectivity index (χ2v) is 9.47. The van der Waals surface area contributed by atoms with Crippen molar-refractivity contribution >= 4 is 45.0 Å². The zero-order valence-corrected chi connectivity index (χ0v) is 21.8. The van der Waals surface area contributed by atoms with Gasteiger partial charge in [-0.3, -0.25) is 10.1 Å². The quantitative estimate of drug-likeness (QED) is 0.170. The van der Waals surface area contributed by atoms with Crippen LogP contribution in [0, 0.1) is 12.8 Å². The van der Waals surface area contributed by atoms with Crippen molar-refractivity contribution in [2.75, 3.05) is 16.4 Å². The number of aromatic hydroxyl groups is 1. The van der Waals surface area contributed by atoms with E-state index in [0.29, 0.717) is 35.5 Å². The molecule has 2 atom stereocenters. The highest BCUT2D eigenvalue weighted by molar-refractivity contribution is 9.10. The third-order valence-corrected chi connectivity index (χ3v) is 6.11. The molecule has 8 heteroatoms. The molecule has 0 unspecified atom stereocenters. The number of carbonyl (C=O) groups excluding carboxylic acids is 2. The lowest BCUT2D eigenvalue weighted by Gasteiger charge is -2.25. The highest BCUT2D eigenvalue weighted by Crippen LogP contribution is 2.36. The molecule has 0 aromatic heterocycles. The molecule has 3 rings (SSSR count). The third-order valence-electron chi connectivity index (χ3n) is 5.62. The van der Waals surface area contributed by atoms with E-state index in [2.05, 4.69) is 26.6 Å². The monoisotopic (exact) mass is 551 g/mol. The zero-order valence-electron chi connectivity index (χ0n) is 20.2. The molecule has 0 bridgehead atoms. The Balaban J connectivity index is 1.65. The minimum absolute atomic E-state index is 0.0357. The van der Waals surface area contributed by atoms with E-state index in [0.717, 1.165) is 10.0 Å². The first kappa shape index (κ1) is 26.8. The molecule has 0 heterocycles. The highest BCUT2D eigenvalue weighted by Gasteiger charge is 2.26. The SMILES string of the molecule is Cc1ccc(NC(=O)O[C@@H](c2cc(Br)ccc2O)[C@H](C)CC/C=C/C(=O)Nc2ccccc2N)cc1. The van der Waals surface area contributed by atoms with E-state index in [1.807, 2.05) is 26.0 Å². The molecule has 0 radical (unpaired) electrons. The van der Waals surface area contributed by atoms with Gasteiger partial charge in [-0.05, 0) is 74.2 Å². The van der Waals surface area contributed by atoms with E-state index in [4.69, 9.17) is 10.5 Å². The maximum atomic E-state index is 12.7. The molecule has 7 nitrogen and oxygen atoms in total. The number of ether oxygens (including phenoxy) is 1. The zero-order chi connectivity index (χ0) is 26.1. The van der Waals surface area contributed by atoms with E-state index < -0.39 is 12.2 Å². The van der Waals surface area contributed by atoms with Gasteiger partial charge in [0.1, 0.15) is 11.9 Å². The van der Waals surface area contributed by atoms with Gasteiger partial charge in [0.25, 0.3) is 0 Å². The lowest BCUT2D eigenvalue weighted by molar-refractivity contribution is -0.111. The lowest BCUT2D eigenvalue weighted by atomic mass is 9.92. The fourth-order valence-corrected chi connectivity index (χ4v) is 4.00. The Morgan fingerprint density at radius 2 is 1.81 bits per heavy atom. The summed E-state index contributed by atoms with van der Waals surface area (Å²) in [6.07, 6.45) is 3.05. The van der Waals surface area contributed by atoms with Gasteiger partial charge in [-0.1, -0.05) is 58.8 Å². The van der Waals surface area contributed by atoms with Gasteiger partial charge in [-0.15, -0.1) is 0 Å². The Kier molecular flexibility index (Phi) is 9.53. The number of rotatable bonds is 9. The Morgan fingerprint density at radius 1 is 1.08 bits per heavy atom. The summed E-state index contributed by atoms with van der Waals surface area (Å²) in [6.45, 7) is 3.90. The van der Waals surface area contributed by atoms with Crippen molar-refractivity contribution < 1.29 is 19.4 Å². The number of phenolic OH excluding ortho intramolecular Hbond substituents is 1. The molecule has 5 N–H and O–H groups in total. The number of para-hydroxylation sites is 2. The van der Waals surface area contributed by atoms with Crippen LogP contribution >= 0.6 is 15.9 Å². The average molecular weight is 552 g/mol. The van der Waals surface area contributed by atoms with Crippen LogP contribution in [-0.2, 0) is 9.53 Å². The van der Waals surface area contributed by atoms with Gasteiger partial charge in [-0.2, -0.15) is 0 Å². The molecule has 2 amide bonds. The fraction of sp³-hybridized carbons (Fsp3) is 0.214. The first-order chi connectivity index (χ1) is 17.2. The maximum Gasteiger partial charge on any atom is 0.412 e. The Labute approximate surface area is 219 Å². The number of hydrogen-bond donors (Lipinski definition) is 4. The van der Waals surface area contributed by atoms with Crippen LogP contribution in [0.3, 0.4) is 0 Å². The van der Waals surface area contributed by atoms with Crippen LogP contribution < -0.4 is 16.4 Å². The molecule has 0 aliphatic carbocycles. The number of anilines is 3. The number of hydrogen-bond acceptors (Lipinski definition) is 5. The minimum atomic E-state index is -0.709. The Morgan fingerprint density at radius 3 is 2.53 bits per heavy atom. The van der Waals surface area contributed by atoms with Crippen molar-refractivity contribution in [3.05, 3.63) is 94.5 Å². The summed E-state index contributed by atoms with van der Waals surface area (Å²) in [4.78, 5) is 24.9. The van der Waals surface area contributed by atoms with E-state index in [1.165, 1.54) is 6.08 Å². The summed E-state index contributed by atoms with van der Waals surface area (Å²) >= 11 is 3.42. The standard InChI is InChI=1S/C28H30BrN3O4/c1-18-11-14-21(15-12-18)31-28(35)36-27(22-17-20(29)13-16-25(22)33)19(2)7-3-6-10-26(34)32-24-9-5-4-8-23(24)30/h4-6,8-17,19,27,33H,3,7,30H2,1-2H3,(H,31,35)(H,32,34)/b10-6+/t19-,27-/m1/s1. The molecular formula is C28H30BrN3O4. The summed E-state index contributed by atoms with van der Waals surface area (Å²) < 4.78 is 6.55. The van der Waals surface area contributed by atoms with Gasteiger partial charge in [0.05, 0.1) is 11.4 Å². The summed E-state index contributed by atoms with van der Waals surface area (Å²) in [5.41, 5.74) is 9.10. The summed E-state index contributed by atoms with van der Waals surface area (Å²) in [7, 11) is 0. The number of nitrogen functional groups attached to an aromatic ring is 1. The number of carbonyl (C=O) groups is 2. The van der Waals surface area contributed by atoms with Gasteiger partial charge in [0.2, 0.25) is 5.91 Å². The minimum Gasteiger partial charge on any atom is -0.508 e. The summed E-state index contributed by atoms with van der Waals surface area (Å²) in [5.74, 6) is -0.407. The molecule has 36 heavy (non-hydrogen) atoms. The van der Waals surface area contributed by atoms with Crippen molar-refractivity contribution in [3.63, 3.8) is 0 Å². The van der Waals surface area contributed by atoms with Crippen molar-refractivity contribution in [2.24, 2.45) is 5.92 Å². The summed E-state index contributed by atoms with van der Waals surface area (Å²) in [5, 5.41) is 16.0. The topological polar surface area (TPSA) is 114 Å². The van der Waals surface area contributed by atoms with Crippen molar-refractivity contribution in [1.29, 1.82) is 0 Å². The van der Waals surface area contributed by atoms with Crippen LogP contribution in [0.15, 0.2) is 83.4 Å². The molecule has 3 aromatic rings. The van der Waals surface area contributed by atoms with Crippen molar-refractivity contribution in [1.82, 2.24) is 0 Å². The number of nitrogens with two attached hydrogens (primary N) is 1. The van der Waals surface area contributed by atoms with Gasteiger partial charge < -0.3 is 20.9 Å². The number of amides is 2. The van der Waals surface area contributed by atoms with Gasteiger partial charge in [-0.25, -0.2) is 4.79 Å². The Hall–Kier alpha value is -3.78. The second kappa shape index (κ2) is 12.8. The molecule has 0 saturated carbocycles. The van der Waals surface area contributed by atoms with Gasteiger partial charge >= 0.3 is 6.09 Å². The van der Waals surface area contributed by atoms with Crippen LogP contribution in [0.2, 0.25) is 0 Å². The molecule has 3 aromatic carbocycles. The number of phenols is 1. The maximum absolute atomic E-state index is 12.7. The smallest absolute Gasteiger partial charge is 0.412 e. The fourth-order valence-electron chi connectivity index (χ4n) is 3.63. The number of benzene rings is 3. The van der Waals surface area contributed by atoms with E-state index in [1.54, 1.807) is 60.7 Å². The van der Waals surface area contributed by atoms with E-state index >= 15 is 0 Å². The predicted molar refractivity (Wildman–Crippen MR) is 147 cm³/mol. The molecule has 188 valence electrons. The van der Waals surface area contributed by atoms with Crippen LogP contribution in [0.25, 0.3) is 0 Å². The number of aryl methyl sites for hydroxylation is 1. The van der Waals surface area contributed by atoms with Gasteiger partial charge in [0.15, 0.2) is 0 Å². The van der Waals surface area contributed by atoms with Crippen LogP contribution in [0.5, 0.6) is 5.75 Å². The molecule has 0 saturated heterocycles. The first-order valence-electron chi connectivity index (χ1n) is 11.6. The number of allylic oxidation sites excluding steroid dienone is 1. The molecule has 0 fully saturated rings. The van der Waals surface area contributed by atoms with Crippen LogP contribution in [0.1, 0.15) is 37.0 Å². The largest absolute Gasteiger partial charge is 0.508 e. The third kappa shape index (κ3) is 7.88. The number of halogens is 1. The van der Waals surface area contributed by atoms with Gasteiger partial charge in [0, 0.05) is 15.7 Å². The first-order valence-corrected chi connectivity index (χ1v) is 12.4. The van der Waals surface area contributed by atoms with Crippen LogP contribution in [0.4, 0.5) is 21.9 Å². The van der Waals surface area contributed by atoms with Crippen LogP contribution in [-0.4, -0.2) is 17.1 Å². The predicted octanol–water partition coefficient (Wildman–Crippen LogP) is 6.95. The summed E-state index contributed by atoms with van der Waals surface area (Å²) in [6, 6.07) is 19.4. The van der Waals surface area contributed by atoms with E-state index in [9.17, 15) is 14.7 Å². The van der Waals surface area contributed by atoms with Crippen molar-refractivity contribution in [2.45, 2.75) is 32.8 Å². The normalized spacial score (nSPS) is 12.6. The highest BCUT2D eigenvalue weighted by atomic mass is 79.9. The van der Waals surface area contributed by atoms with E-state index in [-0.39, 0.29) is 17.6 Å². The average Bonchev–Trinajstić information content (AvgIpc) is 2.85. The second-order valence-electron chi connectivity index (χ2n) is 8.55. The molecule has 0 spiro atoms. The van der Waals surface area contributed by atoms with Crippen molar-refractivity contribution in [3.8, 4) is 5.75 Å². The Bertz CT molecular complexity index is 1230.